The van der Waals surface area contributed by atoms with E-state index < -0.39 is 0 Å². The van der Waals surface area contributed by atoms with Crippen LogP contribution in [0.1, 0.15) is 15.9 Å². The van der Waals surface area contributed by atoms with Crippen LogP contribution in [-0.4, -0.2) is 13.0 Å². The third-order valence-corrected chi connectivity index (χ3v) is 3.96. The zero-order chi connectivity index (χ0) is 14.5. The van der Waals surface area contributed by atoms with Gasteiger partial charge in [-0.1, -0.05) is 23.7 Å². The fourth-order valence-corrected chi connectivity index (χ4v) is 2.30. The molecule has 0 aliphatic heterocycles. The molecule has 2 rings (SSSR count). The number of amides is 1. The van der Waals surface area contributed by atoms with Gasteiger partial charge in [0.05, 0.1) is 5.02 Å². The molecule has 0 spiro atoms. The molecular formula is C15H14BrClN2O. The van der Waals surface area contributed by atoms with Crippen LogP contribution in [0.15, 0.2) is 46.9 Å². The van der Waals surface area contributed by atoms with E-state index in [2.05, 4.69) is 26.6 Å². The van der Waals surface area contributed by atoms with Gasteiger partial charge < -0.3 is 10.6 Å². The highest BCUT2D eigenvalue weighted by Crippen LogP contribution is 2.23. The van der Waals surface area contributed by atoms with Gasteiger partial charge in [0.2, 0.25) is 0 Å². The monoisotopic (exact) mass is 352 g/mol. The van der Waals surface area contributed by atoms with Crippen molar-refractivity contribution in [3.05, 3.63) is 63.1 Å². The fraction of sp³-hybridized carbons (Fsp3) is 0.133. The lowest BCUT2D eigenvalue weighted by Crippen LogP contribution is -2.12. The van der Waals surface area contributed by atoms with Crippen LogP contribution < -0.4 is 10.6 Å². The summed E-state index contributed by atoms with van der Waals surface area (Å²) in [6.07, 6.45) is 0. The standard InChI is InChI=1S/C15H14BrClN2O/c1-18-9-10-3-2-4-12(7-10)19-15(20)11-5-6-14(17)13(16)8-11/h2-8,18H,9H2,1H3,(H,19,20). The Morgan fingerprint density at radius 1 is 1.25 bits per heavy atom. The minimum atomic E-state index is -0.163. The Labute approximate surface area is 131 Å². The molecule has 104 valence electrons. The molecule has 0 aliphatic carbocycles. The summed E-state index contributed by atoms with van der Waals surface area (Å²) in [7, 11) is 1.89. The number of halogens is 2. The Morgan fingerprint density at radius 3 is 2.75 bits per heavy atom. The zero-order valence-corrected chi connectivity index (χ0v) is 13.3. The normalized spacial score (nSPS) is 10.3. The van der Waals surface area contributed by atoms with Gasteiger partial charge >= 0.3 is 0 Å². The average molecular weight is 354 g/mol. The summed E-state index contributed by atoms with van der Waals surface area (Å²) in [6.45, 7) is 0.760. The predicted molar refractivity (Wildman–Crippen MR) is 86.3 cm³/mol. The molecule has 2 aromatic rings. The maximum absolute atomic E-state index is 12.2. The second-order valence-corrected chi connectivity index (χ2v) is 5.58. The van der Waals surface area contributed by atoms with E-state index in [1.54, 1.807) is 18.2 Å². The number of hydrogen-bond acceptors (Lipinski definition) is 2. The second kappa shape index (κ2) is 6.88. The van der Waals surface area contributed by atoms with Gasteiger partial charge in [-0.25, -0.2) is 0 Å². The van der Waals surface area contributed by atoms with E-state index in [1.807, 2.05) is 31.3 Å². The van der Waals surface area contributed by atoms with Crippen molar-refractivity contribution in [2.45, 2.75) is 6.54 Å². The van der Waals surface area contributed by atoms with Gasteiger partial charge in [-0.15, -0.1) is 0 Å². The van der Waals surface area contributed by atoms with Crippen molar-refractivity contribution in [2.24, 2.45) is 0 Å². The van der Waals surface area contributed by atoms with Crippen molar-refractivity contribution in [2.75, 3.05) is 12.4 Å². The Bertz CT molecular complexity index is 631. The molecule has 5 heteroatoms. The quantitative estimate of drug-likeness (QED) is 0.870. The molecule has 0 heterocycles. The van der Waals surface area contributed by atoms with Crippen LogP contribution >= 0.6 is 27.5 Å². The van der Waals surface area contributed by atoms with Gasteiger partial charge in [0, 0.05) is 22.3 Å². The predicted octanol–water partition coefficient (Wildman–Crippen LogP) is 4.07. The van der Waals surface area contributed by atoms with Crippen molar-refractivity contribution in [1.82, 2.24) is 5.32 Å². The largest absolute Gasteiger partial charge is 0.322 e. The molecule has 0 radical (unpaired) electrons. The van der Waals surface area contributed by atoms with Gasteiger partial charge in [0.15, 0.2) is 0 Å². The zero-order valence-electron chi connectivity index (χ0n) is 10.9. The summed E-state index contributed by atoms with van der Waals surface area (Å²) >= 11 is 9.23. The SMILES string of the molecule is CNCc1cccc(NC(=O)c2ccc(Cl)c(Br)c2)c1. The minimum Gasteiger partial charge on any atom is -0.322 e. The summed E-state index contributed by atoms with van der Waals surface area (Å²) < 4.78 is 0.704. The summed E-state index contributed by atoms with van der Waals surface area (Å²) in [4.78, 5) is 12.2. The van der Waals surface area contributed by atoms with E-state index in [0.717, 1.165) is 17.8 Å². The Hall–Kier alpha value is -1.36. The third kappa shape index (κ3) is 3.82. The van der Waals surface area contributed by atoms with Crippen LogP contribution in [0.25, 0.3) is 0 Å². The minimum absolute atomic E-state index is 0.163. The van der Waals surface area contributed by atoms with Crippen LogP contribution in [0.4, 0.5) is 5.69 Å². The average Bonchev–Trinajstić information content (AvgIpc) is 2.42. The van der Waals surface area contributed by atoms with Gasteiger partial charge in [-0.3, -0.25) is 4.79 Å². The van der Waals surface area contributed by atoms with Crippen LogP contribution in [0.3, 0.4) is 0 Å². The smallest absolute Gasteiger partial charge is 0.255 e. The van der Waals surface area contributed by atoms with Crippen molar-refractivity contribution in [1.29, 1.82) is 0 Å². The maximum atomic E-state index is 12.2. The summed E-state index contributed by atoms with van der Waals surface area (Å²) in [6, 6.07) is 12.8. The van der Waals surface area contributed by atoms with Crippen LogP contribution in [0.5, 0.6) is 0 Å². The lowest BCUT2D eigenvalue weighted by atomic mass is 10.1. The number of rotatable bonds is 4. The molecule has 0 bridgehead atoms. The molecule has 3 nitrogen and oxygen atoms in total. The highest BCUT2D eigenvalue weighted by molar-refractivity contribution is 9.10. The van der Waals surface area contributed by atoms with E-state index in [1.165, 1.54) is 0 Å². The van der Waals surface area contributed by atoms with Gasteiger partial charge in [0.1, 0.15) is 0 Å². The molecule has 0 aromatic heterocycles. The summed E-state index contributed by atoms with van der Waals surface area (Å²) in [5.41, 5.74) is 2.44. The first kappa shape index (κ1) is 15.0. The molecule has 0 aliphatic rings. The molecule has 20 heavy (non-hydrogen) atoms. The maximum Gasteiger partial charge on any atom is 0.255 e. The highest BCUT2D eigenvalue weighted by atomic mass is 79.9. The van der Waals surface area contributed by atoms with E-state index in [0.29, 0.717) is 15.1 Å². The first-order chi connectivity index (χ1) is 9.60. The van der Waals surface area contributed by atoms with Gasteiger partial charge in [0.25, 0.3) is 5.91 Å². The van der Waals surface area contributed by atoms with Crippen molar-refractivity contribution < 1.29 is 4.79 Å². The third-order valence-electron chi connectivity index (χ3n) is 2.75. The Balaban J connectivity index is 2.14. The van der Waals surface area contributed by atoms with Crippen molar-refractivity contribution in [3.8, 4) is 0 Å². The first-order valence-corrected chi connectivity index (χ1v) is 7.27. The van der Waals surface area contributed by atoms with Crippen LogP contribution in [0, 0.1) is 0 Å². The molecule has 1 amide bonds. The number of anilines is 1. The summed E-state index contributed by atoms with van der Waals surface area (Å²) in [5, 5.41) is 6.53. The van der Waals surface area contributed by atoms with E-state index in [4.69, 9.17) is 11.6 Å². The Kier molecular flexibility index (Phi) is 5.17. The molecule has 0 fully saturated rings. The molecular weight excluding hydrogens is 340 g/mol. The lowest BCUT2D eigenvalue weighted by Gasteiger charge is -2.08. The number of carbonyl (C=O) groups is 1. The number of nitrogens with one attached hydrogen (secondary N) is 2. The molecule has 0 saturated heterocycles. The van der Waals surface area contributed by atoms with Crippen LogP contribution in [-0.2, 0) is 6.54 Å². The van der Waals surface area contributed by atoms with Crippen molar-refractivity contribution in [3.63, 3.8) is 0 Å². The first-order valence-electron chi connectivity index (χ1n) is 6.10. The molecule has 2 N–H and O–H groups in total. The molecule has 0 atom stereocenters. The Morgan fingerprint density at radius 2 is 2.05 bits per heavy atom. The fourth-order valence-electron chi connectivity index (χ4n) is 1.80. The number of benzene rings is 2. The number of hydrogen-bond donors (Lipinski definition) is 2. The van der Waals surface area contributed by atoms with E-state index in [-0.39, 0.29) is 5.91 Å². The highest BCUT2D eigenvalue weighted by Gasteiger charge is 2.08. The molecule has 0 unspecified atom stereocenters. The van der Waals surface area contributed by atoms with Gasteiger partial charge in [-0.2, -0.15) is 0 Å². The van der Waals surface area contributed by atoms with Crippen LogP contribution in [0.2, 0.25) is 5.02 Å². The van der Waals surface area contributed by atoms with Gasteiger partial charge in [-0.05, 0) is 58.9 Å². The molecule has 2 aromatic carbocycles. The summed E-state index contributed by atoms with van der Waals surface area (Å²) in [5.74, 6) is -0.163. The van der Waals surface area contributed by atoms with E-state index >= 15 is 0 Å². The number of carbonyl (C=O) groups excluding carboxylic acids is 1. The van der Waals surface area contributed by atoms with E-state index in [9.17, 15) is 4.79 Å². The second-order valence-electron chi connectivity index (χ2n) is 4.31. The topological polar surface area (TPSA) is 41.1 Å². The molecule has 0 saturated carbocycles. The lowest BCUT2D eigenvalue weighted by molar-refractivity contribution is 0.102. The van der Waals surface area contributed by atoms with Crippen molar-refractivity contribution >= 4 is 39.1 Å².